The van der Waals surface area contributed by atoms with E-state index in [1.54, 1.807) is 7.11 Å². The van der Waals surface area contributed by atoms with Gasteiger partial charge in [0.05, 0.1) is 13.2 Å². The van der Waals surface area contributed by atoms with Crippen LogP contribution in [-0.2, 0) is 16.0 Å². The summed E-state index contributed by atoms with van der Waals surface area (Å²) in [6.45, 7) is 5.24. The van der Waals surface area contributed by atoms with Crippen LogP contribution >= 0.6 is 0 Å². The minimum absolute atomic E-state index is 0.0230. The van der Waals surface area contributed by atoms with Crippen molar-refractivity contribution in [2.45, 2.75) is 31.5 Å². The number of rotatable bonds is 6. The third-order valence-electron chi connectivity index (χ3n) is 4.21. The van der Waals surface area contributed by atoms with E-state index >= 15 is 0 Å². The highest BCUT2D eigenvalue weighted by atomic mass is 16.5. The lowest BCUT2D eigenvalue weighted by Crippen LogP contribution is -2.42. The summed E-state index contributed by atoms with van der Waals surface area (Å²) in [7, 11) is 1.70. The first-order valence-electron chi connectivity index (χ1n) is 7.73. The molecule has 116 valence electrons. The van der Waals surface area contributed by atoms with Crippen LogP contribution in [0.1, 0.15) is 30.3 Å². The maximum Gasteiger partial charge on any atom is 0.158 e. The second-order valence-corrected chi connectivity index (χ2v) is 5.73. The standard InChI is InChI=1S/C15H24N4O2/c1-20-6-4-16-7-12-8-17-15(18-9-12)14-10-19-5-2-3-13(19)11-21-14/h8-9,13-14,16H,2-7,10-11H2,1H3. The van der Waals surface area contributed by atoms with Gasteiger partial charge in [-0.05, 0) is 19.4 Å². The summed E-state index contributed by atoms with van der Waals surface area (Å²) in [5.74, 6) is 0.806. The number of methoxy groups -OCH3 is 1. The molecule has 0 radical (unpaired) electrons. The fraction of sp³-hybridized carbons (Fsp3) is 0.733. The van der Waals surface area contributed by atoms with Crippen molar-refractivity contribution in [3.63, 3.8) is 0 Å². The molecule has 0 bridgehead atoms. The largest absolute Gasteiger partial charge is 0.383 e. The SMILES string of the molecule is COCCNCc1cnc(C2CN3CCCC3CO2)nc1. The molecular formula is C15H24N4O2. The number of nitrogens with zero attached hydrogens (tertiary/aromatic N) is 3. The molecule has 2 fully saturated rings. The quantitative estimate of drug-likeness (QED) is 0.781. The van der Waals surface area contributed by atoms with Gasteiger partial charge in [-0.25, -0.2) is 9.97 Å². The zero-order valence-electron chi connectivity index (χ0n) is 12.6. The molecule has 2 saturated heterocycles. The fourth-order valence-electron chi connectivity index (χ4n) is 3.00. The minimum atomic E-state index is 0.0230. The Morgan fingerprint density at radius 1 is 1.43 bits per heavy atom. The highest BCUT2D eigenvalue weighted by Gasteiger charge is 2.33. The number of morpholine rings is 1. The van der Waals surface area contributed by atoms with Gasteiger partial charge in [-0.15, -0.1) is 0 Å². The first kappa shape index (κ1) is 14.8. The average Bonchev–Trinajstić information content (AvgIpc) is 3.00. The van der Waals surface area contributed by atoms with Gasteiger partial charge in [0, 0.05) is 50.7 Å². The summed E-state index contributed by atoms with van der Waals surface area (Å²) >= 11 is 0. The molecule has 1 N–H and O–H groups in total. The number of fused-ring (bicyclic) bond motifs is 1. The molecule has 2 aliphatic heterocycles. The summed E-state index contributed by atoms with van der Waals surface area (Å²) in [5, 5.41) is 3.29. The second kappa shape index (κ2) is 7.26. The number of hydrogen-bond acceptors (Lipinski definition) is 6. The highest BCUT2D eigenvalue weighted by Crippen LogP contribution is 2.28. The molecule has 0 aromatic carbocycles. The summed E-state index contributed by atoms with van der Waals surface area (Å²) in [6, 6.07) is 0.616. The molecule has 3 rings (SSSR count). The molecule has 6 heteroatoms. The minimum Gasteiger partial charge on any atom is -0.383 e. The zero-order valence-corrected chi connectivity index (χ0v) is 12.6. The fourth-order valence-corrected chi connectivity index (χ4v) is 3.00. The predicted octanol–water partition coefficient (Wildman–Crippen LogP) is 0.748. The molecule has 2 aliphatic rings. The lowest BCUT2D eigenvalue weighted by molar-refractivity contribution is -0.0541. The smallest absolute Gasteiger partial charge is 0.158 e. The average molecular weight is 292 g/mol. The van der Waals surface area contributed by atoms with Crippen LogP contribution in [0.2, 0.25) is 0 Å². The Bertz CT molecular complexity index is 440. The molecule has 3 heterocycles. The molecule has 0 amide bonds. The van der Waals surface area contributed by atoms with E-state index in [2.05, 4.69) is 20.2 Å². The van der Waals surface area contributed by atoms with Gasteiger partial charge in [0.15, 0.2) is 5.82 Å². The molecule has 1 aromatic rings. The summed E-state index contributed by atoms with van der Waals surface area (Å²) in [5.41, 5.74) is 1.09. The van der Waals surface area contributed by atoms with Crippen LogP contribution in [0.15, 0.2) is 12.4 Å². The van der Waals surface area contributed by atoms with Crippen LogP contribution in [0, 0.1) is 0 Å². The van der Waals surface area contributed by atoms with E-state index in [0.29, 0.717) is 12.6 Å². The van der Waals surface area contributed by atoms with E-state index in [-0.39, 0.29) is 6.10 Å². The van der Waals surface area contributed by atoms with Gasteiger partial charge in [-0.1, -0.05) is 0 Å². The lowest BCUT2D eigenvalue weighted by Gasteiger charge is -2.34. The van der Waals surface area contributed by atoms with Crippen molar-refractivity contribution in [1.82, 2.24) is 20.2 Å². The van der Waals surface area contributed by atoms with E-state index in [4.69, 9.17) is 9.47 Å². The maximum atomic E-state index is 5.93. The molecule has 2 unspecified atom stereocenters. The van der Waals surface area contributed by atoms with Gasteiger partial charge in [-0.2, -0.15) is 0 Å². The third kappa shape index (κ3) is 3.77. The summed E-state index contributed by atoms with van der Waals surface area (Å²) in [6.07, 6.45) is 6.35. The van der Waals surface area contributed by atoms with E-state index in [9.17, 15) is 0 Å². The van der Waals surface area contributed by atoms with Crippen LogP contribution in [0.4, 0.5) is 0 Å². The zero-order chi connectivity index (χ0) is 14.5. The van der Waals surface area contributed by atoms with Gasteiger partial charge < -0.3 is 14.8 Å². The molecule has 0 spiro atoms. The normalized spacial score (nSPS) is 26.0. The topological polar surface area (TPSA) is 59.5 Å². The van der Waals surface area contributed by atoms with E-state index in [1.165, 1.54) is 19.4 Å². The lowest BCUT2D eigenvalue weighted by atomic mass is 10.2. The van der Waals surface area contributed by atoms with Gasteiger partial charge in [0.2, 0.25) is 0 Å². The van der Waals surface area contributed by atoms with Crippen molar-refractivity contribution < 1.29 is 9.47 Å². The van der Waals surface area contributed by atoms with Crippen molar-refractivity contribution in [2.75, 3.05) is 40.0 Å². The second-order valence-electron chi connectivity index (χ2n) is 5.73. The molecule has 6 nitrogen and oxygen atoms in total. The van der Waals surface area contributed by atoms with Gasteiger partial charge >= 0.3 is 0 Å². The Balaban J connectivity index is 1.52. The molecular weight excluding hydrogens is 268 g/mol. The van der Waals surface area contributed by atoms with Crippen LogP contribution in [0.3, 0.4) is 0 Å². The first-order valence-corrected chi connectivity index (χ1v) is 7.73. The van der Waals surface area contributed by atoms with Crippen LogP contribution in [0.5, 0.6) is 0 Å². The molecule has 1 aromatic heterocycles. The number of hydrogen-bond donors (Lipinski definition) is 1. The van der Waals surface area contributed by atoms with Crippen molar-refractivity contribution in [3.8, 4) is 0 Å². The highest BCUT2D eigenvalue weighted by molar-refractivity contribution is 5.07. The molecule has 0 saturated carbocycles. The van der Waals surface area contributed by atoms with Gasteiger partial charge in [0.1, 0.15) is 6.10 Å². The molecule has 0 aliphatic carbocycles. The van der Waals surface area contributed by atoms with Crippen molar-refractivity contribution in [3.05, 3.63) is 23.8 Å². The Kier molecular flexibility index (Phi) is 5.13. The summed E-state index contributed by atoms with van der Waals surface area (Å²) < 4.78 is 10.9. The van der Waals surface area contributed by atoms with Crippen LogP contribution in [-0.4, -0.2) is 60.9 Å². The Hall–Kier alpha value is -1.08. The monoisotopic (exact) mass is 292 g/mol. The Labute approximate surface area is 125 Å². The van der Waals surface area contributed by atoms with Crippen LogP contribution in [0.25, 0.3) is 0 Å². The summed E-state index contributed by atoms with van der Waals surface area (Å²) in [4.78, 5) is 11.5. The molecule has 2 atom stereocenters. The van der Waals surface area contributed by atoms with E-state index in [1.807, 2.05) is 12.4 Å². The molecule has 21 heavy (non-hydrogen) atoms. The Morgan fingerprint density at radius 3 is 3.10 bits per heavy atom. The van der Waals surface area contributed by atoms with Crippen molar-refractivity contribution >= 4 is 0 Å². The van der Waals surface area contributed by atoms with Gasteiger partial charge in [-0.3, -0.25) is 4.90 Å². The van der Waals surface area contributed by atoms with E-state index in [0.717, 1.165) is 37.6 Å². The number of ether oxygens (including phenoxy) is 2. The van der Waals surface area contributed by atoms with E-state index < -0.39 is 0 Å². The number of aromatic nitrogens is 2. The van der Waals surface area contributed by atoms with Crippen LogP contribution < -0.4 is 5.32 Å². The third-order valence-corrected chi connectivity index (χ3v) is 4.21. The number of nitrogens with one attached hydrogen (secondary N) is 1. The van der Waals surface area contributed by atoms with Crippen molar-refractivity contribution in [1.29, 1.82) is 0 Å². The van der Waals surface area contributed by atoms with Crippen molar-refractivity contribution in [2.24, 2.45) is 0 Å². The predicted molar refractivity (Wildman–Crippen MR) is 78.9 cm³/mol. The maximum absolute atomic E-state index is 5.93. The Morgan fingerprint density at radius 2 is 2.29 bits per heavy atom. The van der Waals surface area contributed by atoms with Gasteiger partial charge in [0.25, 0.3) is 0 Å². The first-order chi connectivity index (χ1) is 10.4.